The standard InChI is InChI=1S/C13H11N7O/c1-9-14-7-8-20(9)11-4-3-10(18-19-11)12(21)17-13-15-5-2-6-16-13/h2-8H,1H3,(H,15,16,17,21). The van der Waals surface area contributed by atoms with E-state index in [1.165, 1.54) is 0 Å². The Morgan fingerprint density at radius 3 is 2.52 bits per heavy atom. The number of carbonyl (C=O) groups excluding carboxylic acids is 1. The van der Waals surface area contributed by atoms with E-state index >= 15 is 0 Å². The number of imidazole rings is 1. The Bertz CT molecular complexity index is 752. The van der Waals surface area contributed by atoms with Crippen molar-refractivity contribution >= 4 is 11.9 Å². The molecule has 0 unspecified atom stereocenters. The summed E-state index contributed by atoms with van der Waals surface area (Å²) < 4.78 is 1.77. The molecule has 0 aromatic carbocycles. The molecule has 3 aromatic rings. The Morgan fingerprint density at radius 2 is 1.90 bits per heavy atom. The molecule has 0 aliphatic carbocycles. The van der Waals surface area contributed by atoms with Crippen molar-refractivity contribution in [3.8, 4) is 5.82 Å². The van der Waals surface area contributed by atoms with Crippen LogP contribution in [0, 0.1) is 6.92 Å². The van der Waals surface area contributed by atoms with E-state index in [9.17, 15) is 4.79 Å². The van der Waals surface area contributed by atoms with Crippen molar-refractivity contribution in [1.82, 2.24) is 29.7 Å². The Morgan fingerprint density at radius 1 is 1.10 bits per heavy atom. The zero-order valence-corrected chi connectivity index (χ0v) is 11.1. The zero-order chi connectivity index (χ0) is 14.7. The first kappa shape index (κ1) is 12.9. The number of nitrogens with one attached hydrogen (secondary N) is 1. The van der Waals surface area contributed by atoms with Crippen molar-refractivity contribution in [2.24, 2.45) is 0 Å². The first-order valence-electron chi connectivity index (χ1n) is 6.16. The van der Waals surface area contributed by atoms with E-state index in [1.54, 1.807) is 47.6 Å². The maximum absolute atomic E-state index is 12.0. The van der Waals surface area contributed by atoms with E-state index in [0.717, 1.165) is 5.82 Å². The summed E-state index contributed by atoms with van der Waals surface area (Å²) in [6, 6.07) is 4.94. The lowest BCUT2D eigenvalue weighted by molar-refractivity contribution is 0.102. The van der Waals surface area contributed by atoms with E-state index < -0.39 is 5.91 Å². The van der Waals surface area contributed by atoms with Gasteiger partial charge in [-0.15, -0.1) is 10.2 Å². The highest BCUT2D eigenvalue weighted by molar-refractivity contribution is 6.01. The lowest BCUT2D eigenvalue weighted by Gasteiger charge is -2.04. The third-order valence-corrected chi connectivity index (χ3v) is 2.75. The van der Waals surface area contributed by atoms with Crippen LogP contribution in [-0.2, 0) is 0 Å². The maximum Gasteiger partial charge on any atom is 0.278 e. The van der Waals surface area contributed by atoms with Crippen LogP contribution in [0.5, 0.6) is 0 Å². The lowest BCUT2D eigenvalue weighted by Crippen LogP contribution is -2.16. The third-order valence-electron chi connectivity index (χ3n) is 2.75. The lowest BCUT2D eigenvalue weighted by atomic mass is 10.3. The molecule has 21 heavy (non-hydrogen) atoms. The summed E-state index contributed by atoms with van der Waals surface area (Å²) in [7, 11) is 0. The summed E-state index contributed by atoms with van der Waals surface area (Å²) in [5.74, 6) is 1.19. The molecule has 0 atom stereocenters. The number of nitrogens with zero attached hydrogens (tertiary/aromatic N) is 6. The number of rotatable bonds is 3. The number of anilines is 1. The fraction of sp³-hybridized carbons (Fsp3) is 0.0769. The number of hydrogen-bond acceptors (Lipinski definition) is 6. The Balaban J connectivity index is 1.78. The molecule has 0 aliphatic rings. The number of hydrogen-bond donors (Lipinski definition) is 1. The van der Waals surface area contributed by atoms with Crippen LogP contribution in [0.3, 0.4) is 0 Å². The van der Waals surface area contributed by atoms with Gasteiger partial charge in [-0.2, -0.15) is 0 Å². The minimum Gasteiger partial charge on any atom is -0.289 e. The smallest absolute Gasteiger partial charge is 0.278 e. The number of aryl methyl sites for hydroxylation is 1. The fourth-order valence-electron chi connectivity index (χ4n) is 1.72. The monoisotopic (exact) mass is 281 g/mol. The van der Waals surface area contributed by atoms with Crippen LogP contribution in [0.1, 0.15) is 16.3 Å². The first-order chi connectivity index (χ1) is 10.2. The van der Waals surface area contributed by atoms with Crippen molar-refractivity contribution in [3.05, 3.63) is 54.5 Å². The first-order valence-corrected chi connectivity index (χ1v) is 6.16. The van der Waals surface area contributed by atoms with Gasteiger partial charge in [0, 0.05) is 24.8 Å². The molecule has 3 heterocycles. The van der Waals surface area contributed by atoms with E-state index in [1.807, 2.05) is 6.92 Å². The van der Waals surface area contributed by atoms with Gasteiger partial charge in [-0.1, -0.05) is 0 Å². The molecule has 1 N–H and O–H groups in total. The molecule has 0 aliphatic heterocycles. The molecular formula is C13H11N7O. The highest BCUT2D eigenvalue weighted by Gasteiger charge is 2.10. The minimum absolute atomic E-state index is 0.184. The summed E-state index contributed by atoms with van der Waals surface area (Å²) in [4.78, 5) is 23.9. The molecule has 3 rings (SSSR count). The minimum atomic E-state index is -0.414. The average molecular weight is 281 g/mol. The maximum atomic E-state index is 12.0. The molecule has 8 heteroatoms. The molecule has 0 radical (unpaired) electrons. The van der Waals surface area contributed by atoms with Gasteiger partial charge in [-0.05, 0) is 25.1 Å². The van der Waals surface area contributed by atoms with Crippen LogP contribution < -0.4 is 5.32 Å². The van der Waals surface area contributed by atoms with Gasteiger partial charge >= 0.3 is 0 Å². The summed E-state index contributed by atoms with van der Waals surface area (Å²) in [5.41, 5.74) is 0.184. The molecule has 0 saturated heterocycles. The Hall–Kier alpha value is -3.16. The number of amides is 1. The Labute approximate surface area is 119 Å². The van der Waals surface area contributed by atoms with Gasteiger partial charge in [0.25, 0.3) is 5.91 Å². The molecule has 0 spiro atoms. The molecule has 0 fully saturated rings. The predicted molar refractivity (Wildman–Crippen MR) is 73.9 cm³/mol. The van der Waals surface area contributed by atoms with Crippen molar-refractivity contribution in [2.45, 2.75) is 6.92 Å². The summed E-state index contributed by atoms with van der Waals surface area (Å²) in [5, 5.41) is 10.5. The van der Waals surface area contributed by atoms with Crippen molar-refractivity contribution in [2.75, 3.05) is 5.32 Å². The molecular weight excluding hydrogens is 270 g/mol. The second-order valence-corrected chi connectivity index (χ2v) is 4.15. The largest absolute Gasteiger partial charge is 0.289 e. The molecule has 8 nitrogen and oxygen atoms in total. The van der Waals surface area contributed by atoms with E-state index in [0.29, 0.717) is 5.82 Å². The quantitative estimate of drug-likeness (QED) is 0.769. The molecule has 3 aromatic heterocycles. The van der Waals surface area contributed by atoms with Crippen LogP contribution in [0.25, 0.3) is 5.82 Å². The number of carbonyl (C=O) groups is 1. The highest BCUT2D eigenvalue weighted by Crippen LogP contribution is 2.07. The van der Waals surface area contributed by atoms with Gasteiger partial charge in [0.15, 0.2) is 11.5 Å². The van der Waals surface area contributed by atoms with Crippen molar-refractivity contribution in [3.63, 3.8) is 0 Å². The van der Waals surface area contributed by atoms with Crippen molar-refractivity contribution < 1.29 is 4.79 Å². The van der Waals surface area contributed by atoms with E-state index in [2.05, 4.69) is 30.5 Å². The Kier molecular flexibility index (Phi) is 3.34. The SMILES string of the molecule is Cc1nccn1-c1ccc(C(=O)Nc2ncccn2)nn1. The van der Waals surface area contributed by atoms with Gasteiger partial charge in [0.1, 0.15) is 5.82 Å². The van der Waals surface area contributed by atoms with Crippen LogP contribution in [0.15, 0.2) is 43.0 Å². The molecule has 1 amide bonds. The topological polar surface area (TPSA) is 98.5 Å². The van der Waals surface area contributed by atoms with E-state index in [4.69, 9.17) is 0 Å². The van der Waals surface area contributed by atoms with Crippen LogP contribution >= 0.6 is 0 Å². The predicted octanol–water partition coefficient (Wildman–Crippen LogP) is 1.01. The molecule has 0 bridgehead atoms. The zero-order valence-electron chi connectivity index (χ0n) is 11.1. The van der Waals surface area contributed by atoms with Gasteiger partial charge in [-0.3, -0.25) is 14.7 Å². The summed E-state index contributed by atoms with van der Waals surface area (Å²) >= 11 is 0. The third kappa shape index (κ3) is 2.73. The van der Waals surface area contributed by atoms with Crippen molar-refractivity contribution in [1.29, 1.82) is 0 Å². The van der Waals surface area contributed by atoms with Crippen LogP contribution in [0.4, 0.5) is 5.95 Å². The van der Waals surface area contributed by atoms with Crippen LogP contribution in [0.2, 0.25) is 0 Å². The van der Waals surface area contributed by atoms with Crippen LogP contribution in [-0.4, -0.2) is 35.6 Å². The molecule has 0 saturated carbocycles. The van der Waals surface area contributed by atoms with Gasteiger partial charge < -0.3 is 0 Å². The van der Waals surface area contributed by atoms with Gasteiger partial charge in [0.2, 0.25) is 5.95 Å². The van der Waals surface area contributed by atoms with Gasteiger partial charge in [0.05, 0.1) is 0 Å². The summed E-state index contributed by atoms with van der Waals surface area (Å²) in [6.45, 7) is 1.86. The number of aromatic nitrogens is 6. The molecule has 104 valence electrons. The average Bonchev–Trinajstić information content (AvgIpc) is 2.94. The second kappa shape index (κ2) is 5.45. The highest BCUT2D eigenvalue weighted by atomic mass is 16.2. The van der Waals surface area contributed by atoms with Gasteiger partial charge in [-0.25, -0.2) is 15.0 Å². The second-order valence-electron chi connectivity index (χ2n) is 4.15. The van der Waals surface area contributed by atoms with E-state index in [-0.39, 0.29) is 11.6 Å². The summed E-state index contributed by atoms with van der Waals surface area (Å²) in [6.07, 6.45) is 6.53. The fourth-order valence-corrected chi connectivity index (χ4v) is 1.72. The normalized spacial score (nSPS) is 10.3.